The number of nitrogens with zero attached hydrogens (tertiary/aromatic N) is 1. The van der Waals surface area contributed by atoms with E-state index in [0.717, 1.165) is 59.0 Å². The van der Waals surface area contributed by atoms with Gasteiger partial charge in [0.15, 0.2) is 6.73 Å². The van der Waals surface area contributed by atoms with E-state index in [9.17, 15) is 18.0 Å². The Morgan fingerprint density at radius 1 is 1.10 bits per heavy atom. The van der Waals surface area contributed by atoms with E-state index in [4.69, 9.17) is 9.15 Å². The summed E-state index contributed by atoms with van der Waals surface area (Å²) in [5.41, 5.74) is 3.43. The van der Waals surface area contributed by atoms with Gasteiger partial charge in [-0.2, -0.15) is 13.2 Å². The van der Waals surface area contributed by atoms with Gasteiger partial charge in [-0.15, -0.1) is 0 Å². The summed E-state index contributed by atoms with van der Waals surface area (Å²) in [6.45, 7) is 2.39. The molecular formula is C22H18F3NO3. The van der Waals surface area contributed by atoms with Crippen molar-refractivity contribution in [2.24, 2.45) is 0 Å². The maximum Gasteiger partial charge on any atom is 0.416 e. The summed E-state index contributed by atoms with van der Waals surface area (Å²) in [6, 6.07) is 7.21. The second-order valence-corrected chi connectivity index (χ2v) is 7.59. The van der Waals surface area contributed by atoms with Gasteiger partial charge in [-0.3, -0.25) is 0 Å². The standard InChI is InChI=1S/C22H18F3NO3/c1-12-19-13(8-18-16-6-3-7-17(16)21(27)29-20(12)18)10-26(11-28-19)15-5-2-4-14(9-15)22(23,24)25/h2,4-5,8-9H,3,6-7,10-11H2,1H3. The molecule has 0 saturated heterocycles. The van der Waals surface area contributed by atoms with Crippen LogP contribution >= 0.6 is 0 Å². The van der Waals surface area contributed by atoms with E-state index in [1.54, 1.807) is 11.0 Å². The highest BCUT2D eigenvalue weighted by Gasteiger charge is 2.32. The van der Waals surface area contributed by atoms with E-state index in [0.29, 0.717) is 23.6 Å². The molecule has 0 saturated carbocycles. The van der Waals surface area contributed by atoms with E-state index >= 15 is 0 Å². The van der Waals surface area contributed by atoms with Crippen molar-refractivity contribution in [1.29, 1.82) is 0 Å². The molecule has 4 nitrogen and oxygen atoms in total. The van der Waals surface area contributed by atoms with Gasteiger partial charge in [-0.25, -0.2) is 4.79 Å². The van der Waals surface area contributed by atoms with Gasteiger partial charge in [0.05, 0.1) is 5.56 Å². The Bertz CT molecular complexity index is 1200. The van der Waals surface area contributed by atoms with Crippen molar-refractivity contribution in [3.05, 3.63) is 68.6 Å². The summed E-state index contributed by atoms with van der Waals surface area (Å²) >= 11 is 0. The third kappa shape index (κ3) is 2.87. The van der Waals surface area contributed by atoms with E-state index in [-0.39, 0.29) is 12.4 Å². The summed E-state index contributed by atoms with van der Waals surface area (Å²) in [7, 11) is 0. The van der Waals surface area contributed by atoms with Crippen LogP contribution in [0.5, 0.6) is 5.75 Å². The molecule has 2 aromatic carbocycles. The van der Waals surface area contributed by atoms with Gasteiger partial charge in [0.25, 0.3) is 0 Å². The van der Waals surface area contributed by atoms with Crippen LogP contribution < -0.4 is 15.3 Å². The molecule has 2 aliphatic rings. The highest BCUT2D eigenvalue weighted by Crippen LogP contribution is 2.39. The van der Waals surface area contributed by atoms with Crippen molar-refractivity contribution in [2.75, 3.05) is 11.6 Å². The Morgan fingerprint density at radius 2 is 1.90 bits per heavy atom. The van der Waals surface area contributed by atoms with E-state index < -0.39 is 11.7 Å². The first-order valence-corrected chi connectivity index (χ1v) is 9.49. The number of hydrogen-bond donors (Lipinski definition) is 0. The average molecular weight is 401 g/mol. The van der Waals surface area contributed by atoms with E-state index in [1.807, 2.05) is 13.0 Å². The molecule has 1 aliphatic carbocycles. The number of ether oxygens (including phenoxy) is 1. The molecule has 0 bridgehead atoms. The molecule has 0 radical (unpaired) electrons. The van der Waals surface area contributed by atoms with Gasteiger partial charge < -0.3 is 14.1 Å². The van der Waals surface area contributed by atoms with Crippen molar-refractivity contribution in [2.45, 2.75) is 38.9 Å². The maximum atomic E-state index is 13.1. The molecule has 0 fully saturated rings. The predicted octanol–water partition coefficient (Wildman–Crippen LogP) is 4.97. The lowest BCUT2D eigenvalue weighted by atomic mass is 9.99. The molecule has 5 rings (SSSR count). The first-order valence-electron chi connectivity index (χ1n) is 9.49. The van der Waals surface area contributed by atoms with Crippen LogP contribution in [0.2, 0.25) is 0 Å². The zero-order valence-electron chi connectivity index (χ0n) is 15.7. The quantitative estimate of drug-likeness (QED) is 0.541. The van der Waals surface area contributed by atoms with Gasteiger partial charge in [-0.1, -0.05) is 6.07 Å². The number of fused-ring (bicyclic) bond motifs is 4. The van der Waals surface area contributed by atoms with Gasteiger partial charge >= 0.3 is 11.8 Å². The SMILES string of the molecule is Cc1c2c(cc3c4c(c(=O)oc13)CCC4)CN(c1cccc(C(F)(F)F)c1)CO2. The highest BCUT2D eigenvalue weighted by molar-refractivity contribution is 5.87. The van der Waals surface area contributed by atoms with Crippen LogP contribution in [0.3, 0.4) is 0 Å². The van der Waals surface area contributed by atoms with Crippen molar-refractivity contribution >= 4 is 16.7 Å². The van der Waals surface area contributed by atoms with Crippen molar-refractivity contribution < 1.29 is 22.3 Å². The lowest BCUT2D eigenvalue weighted by molar-refractivity contribution is -0.137. The average Bonchev–Trinajstić information content (AvgIpc) is 3.19. The smallest absolute Gasteiger partial charge is 0.416 e. The first-order chi connectivity index (χ1) is 13.8. The fourth-order valence-corrected chi connectivity index (χ4v) is 4.38. The molecule has 0 N–H and O–H groups in total. The molecule has 7 heteroatoms. The number of rotatable bonds is 1. The van der Waals surface area contributed by atoms with Crippen LogP contribution in [0, 0.1) is 6.92 Å². The fraction of sp³-hybridized carbons (Fsp3) is 0.318. The predicted molar refractivity (Wildman–Crippen MR) is 102 cm³/mol. The lowest BCUT2D eigenvalue weighted by Gasteiger charge is -2.32. The first kappa shape index (κ1) is 18.1. The largest absolute Gasteiger partial charge is 0.472 e. The second kappa shape index (κ2) is 6.27. The molecule has 29 heavy (non-hydrogen) atoms. The van der Waals surface area contributed by atoms with Crippen LogP contribution in [0.4, 0.5) is 18.9 Å². The Kier molecular flexibility index (Phi) is 3.91. The number of alkyl halides is 3. The zero-order chi connectivity index (χ0) is 20.3. The number of hydrogen-bond acceptors (Lipinski definition) is 4. The van der Waals surface area contributed by atoms with Crippen molar-refractivity contribution in [1.82, 2.24) is 0 Å². The van der Waals surface area contributed by atoms with Gasteiger partial charge in [-0.05, 0) is 56.0 Å². The molecular weight excluding hydrogens is 383 g/mol. The summed E-state index contributed by atoms with van der Waals surface area (Å²) in [4.78, 5) is 14.1. The minimum absolute atomic E-state index is 0.121. The Balaban J connectivity index is 1.59. The Hall–Kier alpha value is -2.96. The summed E-state index contributed by atoms with van der Waals surface area (Å²) in [5.74, 6) is 0.641. The van der Waals surface area contributed by atoms with Crippen LogP contribution in [0.1, 0.15) is 34.2 Å². The van der Waals surface area contributed by atoms with Crippen LogP contribution in [0.15, 0.2) is 39.5 Å². The number of halogens is 3. The number of anilines is 1. The van der Waals surface area contributed by atoms with Gasteiger partial charge in [0, 0.05) is 34.3 Å². The molecule has 0 spiro atoms. The van der Waals surface area contributed by atoms with Crippen molar-refractivity contribution in [3.8, 4) is 5.75 Å². The Labute approximate surface area is 164 Å². The van der Waals surface area contributed by atoms with Gasteiger partial charge in [0.2, 0.25) is 0 Å². The topological polar surface area (TPSA) is 42.7 Å². The monoisotopic (exact) mass is 401 g/mol. The van der Waals surface area contributed by atoms with E-state index in [2.05, 4.69) is 0 Å². The molecule has 2 heterocycles. The molecule has 0 unspecified atom stereocenters. The Morgan fingerprint density at radius 3 is 2.69 bits per heavy atom. The molecule has 1 aliphatic heterocycles. The molecule has 1 aromatic heterocycles. The molecule has 0 atom stereocenters. The van der Waals surface area contributed by atoms with Crippen LogP contribution in [-0.4, -0.2) is 6.73 Å². The molecule has 150 valence electrons. The third-order valence-corrected chi connectivity index (χ3v) is 5.78. The van der Waals surface area contributed by atoms with Crippen LogP contribution in [-0.2, 0) is 25.6 Å². The maximum absolute atomic E-state index is 13.1. The zero-order valence-corrected chi connectivity index (χ0v) is 15.7. The number of benzene rings is 2. The van der Waals surface area contributed by atoms with Crippen LogP contribution in [0.25, 0.3) is 11.0 Å². The molecule has 3 aromatic rings. The molecule has 0 amide bonds. The fourth-order valence-electron chi connectivity index (χ4n) is 4.38. The minimum Gasteiger partial charge on any atom is -0.472 e. The van der Waals surface area contributed by atoms with Crippen molar-refractivity contribution in [3.63, 3.8) is 0 Å². The third-order valence-electron chi connectivity index (χ3n) is 5.78. The van der Waals surface area contributed by atoms with Gasteiger partial charge in [0.1, 0.15) is 11.3 Å². The number of aryl methyl sites for hydroxylation is 2. The second-order valence-electron chi connectivity index (χ2n) is 7.59. The normalized spacial score (nSPS) is 15.9. The van der Waals surface area contributed by atoms with E-state index in [1.165, 1.54) is 6.07 Å². The minimum atomic E-state index is -4.39. The summed E-state index contributed by atoms with van der Waals surface area (Å²) < 4.78 is 50.7. The highest BCUT2D eigenvalue weighted by atomic mass is 19.4. The summed E-state index contributed by atoms with van der Waals surface area (Å²) in [5, 5.41) is 0.905. The summed E-state index contributed by atoms with van der Waals surface area (Å²) in [6.07, 6.45) is -1.93. The lowest BCUT2D eigenvalue weighted by Crippen LogP contribution is -2.32.